The zero-order chi connectivity index (χ0) is 4.28. The Morgan fingerprint density at radius 2 is 2.20 bits per heavy atom. The Labute approximate surface area is 46.8 Å². The molecule has 0 fully saturated rings. The molecule has 0 aromatic carbocycles. The summed E-state index contributed by atoms with van der Waals surface area (Å²) in [5.41, 5.74) is 1.28. The molecule has 0 aromatic rings. The van der Waals surface area contributed by atoms with E-state index in [2.05, 4.69) is 6.58 Å². The molecule has 0 saturated carbocycles. The maximum absolute atomic E-state index is 3.69. The van der Waals surface area contributed by atoms with Gasteiger partial charge in [-0.1, -0.05) is 0 Å². The van der Waals surface area contributed by atoms with Gasteiger partial charge in [-0.15, -0.1) is 0 Å². The number of rotatable bonds is 1. The minimum absolute atomic E-state index is 1.16. The molecule has 0 heterocycles. The third kappa shape index (κ3) is 4.56. The molecule has 0 rings (SSSR count). The fourth-order valence-electron chi connectivity index (χ4n) is 0. The first-order valence-corrected chi connectivity index (χ1v) is 3.33. The SMILES string of the molecule is C=C(C)[CH2][Sb]. The molecule has 0 aliphatic rings. The Bertz CT molecular complexity index is 38.9. The average molecular weight is 177 g/mol. The van der Waals surface area contributed by atoms with Gasteiger partial charge in [-0.3, -0.25) is 0 Å². The summed E-state index contributed by atoms with van der Waals surface area (Å²) in [7, 11) is 0. The van der Waals surface area contributed by atoms with Crippen LogP contribution in [0.5, 0.6) is 0 Å². The van der Waals surface area contributed by atoms with E-state index in [0.29, 0.717) is 0 Å². The van der Waals surface area contributed by atoms with E-state index in [4.69, 9.17) is 0 Å². The fraction of sp³-hybridized carbons (Fsp3) is 0.500. The Balaban J connectivity index is 2.85. The Hall–Kier alpha value is 0.558. The molecule has 0 nitrogen and oxygen atoms in total. The predicted octanol–water partition coefficient (Wildman–Crippen LogP) is 1.15. The van der Waals surface area contributed by atoms with Crippen LogP contribution >= 0.6 is 0 Å². The van der Waals surface area contributed by atoms with Crippen LogP contribution in [0.25, 0.3) is 0 Å². The summed E-state index contributed by atoms with van der Waals surface area (Å²) in [5.74, 6) is 0. The second-order valence-electron chi connectivity index (χ2n) is 1.12. The Morgan fingerprint density at radius 3 is 2.20 bits per heavy atom. The van der Waals surface area contributed by atoms with Crippen LogP contribution in [0.15, 0.2) is 12.2 Å². The predicted molar refractivity (Wildman–Crippen MR) is 25.4 cm³/mol. The molecular formula is C4H7Sb. The first-order valence-electron chi connectivity index (χ1n) is 1.52. The second kappa shape index (κ2) is 2.78. The van der Waals surface area contributed by atoms with Gasteiger partial charge in [0.2, 0.25) is 0 Å². The molecule has 0 unspecified atom stereocenters. The van der Waals surface area contributed by atoms with Gasteiger partial charge in [0.05, 0.1) is 0 Å². The van der Waals surface area contributed by atoms with Crippen LogP contribution in [0.4, 0.5) is 0 Å². The summed E-state index contributed by atoms with van der Waals surface area (Å²) in [6.45, 7) is 5.73. The normalized spacial score (nSPS) is 7.60. The minimum atomic E-state index is 1.16. The van der Waals surface area contributed by atoms with Crippen LogP contribution in [0.1, 0.15) is 6.92 Å². The fourth-order valence-corrected chi connectivity index (χ4v) is 0. The second-order valence-corrected chi connectivity index (χ2v) is 2.02. The zero-order valence-electron chi connectivity index (χ0n) is 3.36. The molecule has 1 heteroatoms. The van der Waals surface area contributed by atoms with Gasteiger partial charge in [-0.25, -0.2) is 0 Å². The molecule has 0 saturated heterocycles. The third-order valence-electron chi connectivity index (χ3n) is 0.270. The van der Waals surface area contributed by atoms with Crippen molar-refractivity contribution in [2.75, 3.05) is 0 Å². The molecule has 0 aromatic heterocycles. The van der Waals surface area contributed by atoms with Gasteiger partial charge in [0, 0.05) is 0 Å². The summed E-state index contributed by atoms with van der Waals surface area (Å²) in [6.07, 6.45) is 0. The molecule has 0 N–H and O–H groups in total. The van der Waals surface area contributed by atoms with Crippen LogP contribution in [-0.4, -0.2) is 23.0 Å². The van der Waals surface area contributed by atoms with E-state index in [1.54, 1.807) is 23.0 Å². The number of hydrogen-bond acceptors (Lipinski definition) is 0. The molecule has 0 bridgehead atoms. The van der Waals surface area contributed by atoms with E-state index in [-0.39, 0.29) is 0 Å². The van der Waals surface area contributed by atoms with Crippen molar-refractivity contribution >= 4 is 23.0 Å². The van der Waals surface area contributed by atoms with Crippen molar-refractivity contribution in [1.82, 2.24) is 0 Å². The Morgan fingerprint density at radius 1 is 2.00 bits per heavy atom. The summed E-state index contributed by atoms with van der Waals surface area (Å²) < 4.78 is 1.16. The quantitative estimate of drug-likeness (QED) is 0.416. The van der Waals surface area contributed by atoms with Gasteiger partial charge >= 0.3 is 46.5 Å². The molecule has 28 valence electrons. The van der Waals surface area contributed by atoms with Crippen molar-refractivity contribution in [1.29, 1.82) is 0 Å². The van der Waals surface area contributed by atoms with E-state index >= 15 is 0 Å². The molecule has 0 amide bonds. The average Bonchev–Trinajstić information content (AvgIpc) is 1.38. The van der Waals surface area contributed by atoms with Crippen molar-refractivity contribution < 1.29 is 0 Å². The Kier molecular flexibility index (Phi) is 3.09. The van der Waals surface area contributed by atoms with Crippen LogP contribution in [0.3, 0.4) is 0 Å². The molecule has 2 radical (unpaired) electrons. The van der Waals surface area contributed by atoms with Gasteiger partial charge in [-0.2, -0.15) is 0 Å². The number of allylic oxidation sites excluding steroid dienone is 1. The van der Waals surface area contributed by atoms with Crippen LogP contribution < -0.4 is 0 Å². The number of hydrogen-bond donors (Lipinski definition) is 0. The van der Waals surface area contributed by atoms with E-state index in [1.807, 2.05) is 6.92 Å². The van der Waals surface area contributed by atoms with Gasteiger partial charge < -0.3 is 0 Å². The molecule has 0 aliphatic heterocycles. The summed E-state index contributed by atoms with van der Waals surface area (Å²) >= 11 is 1.80. The van der Waals surface area contributed by atoms with E-state index < -0.39 is 0 Å². The van der Waals surface area contributed by atoms with E-state index in [9.17, 15) is 0 Å². The standard InChI is InChI=1S/C4H7.Sb/c1-4(2)3;/h1-2H2,3H3;. The van der Waals surface area contributed by atoms with Crippen LogP contribution in [0, 0.1) is 0 Å². The van der Waals surface area contributed by atoms with Crippen LogP contribution in [0.2, 0.25) is 4.37 Å². The summed E-state index contributed by atoms with van der Waals surface area (Å²) in [5, 5.41) is 0. The van der Waals surface area contributed by atoms with E-state index in [1.165, 1.54) is 5.57 Å². The molecular weight excluding hydrogens is 170 g/mol. The third-order valence-corrected chi connectivity index (χ3v) is 1.81. The summed E-state index contributed by atoms with van der Waals surface area (Å²) in [4.78, 5) is 0. The molecule has 5 heavy (non-hydrogen) atoms. The van der Waals surface area contributed by atoms with Crippen LogP contribution in [-0.2, 0) is 0 Å². The topological polar surface area (TPSA) is 0 Å². The summed E-state index contributed by atoms with van der Waals surface area (Å²) in [6, 6.07) is 0. The van der Waals surface area contributed by atoms with Gasteiger partial charge in [-0.05, 0) is 0 Å². The monoisotopic (exact) mass is 176 g/mol. The molecule has 0 atom stereocenters. The van der Waals surface area contributed by atoms with Gasteiger partial charge in [0.15, 0.2) is 0 Å². The van der Waals surface area contributed by atoms with Gasteiger partial charge in [0.25, 0.3) is 0 Å². The van der Waals surface area contributed by atoms with Crippen molar-refractivity contribution in [2.24, 2.45) is 0 Å². The van der Waals surface area contributed by atoms with Crippen molar-refractivity contribution in [3.8, 4) is 0 Å². The van der Waals surface area contributed by atoms with Gasteiger partial charge in [0.1, 0.15) is 0 Å². The molecule has 0 spiro atoms. The first-order chi connectivity index (χ1) is 2.27. The van der Waals surface area contributed by atoms with Crippen molar-refractivity contribution in [3.05, 3.63) is 12.2 Å². The molecule has 0 aliphatic carbocycles. The maximum atomic E-state index is 3.69. The first kappa shape index (κ1) is 5.56. The van der Waals surface area contributed by atoms with Crippen molar-refractivity contribution in [2.45, 2.75) is 11.3 Å². The van der Waals surface area contributed by atoms with E-state index in [0.717, 1.165) is 4.37 Å². The zero-order valence-corrected chi connectivity index (χ0v) is 5.91. The van der Waals surface area contributed by atoms with Crippen molar-refractivity contribution in [3.63, 3.8) is 0 Å².